The Morgan fingerprint density at radius 1 is 1.67 bits per heavy atom. The molecule has 0 unspecified atom stereocenters. The van der Waals surface area contributed by atoms with Crippen LogP contribution in [-0.2, 0) is 4.74 Å². The van der Waals surface area contributed by atoms with E-state index in [2.05, 4.69) is 9.97 Å². The van der Waals surface area contributed by atoms with Crippen molar-refractivity contribution in [2.24, 2.45) is 0 Å². The number of carbonyl (C=O) groups excluding carboxylic acids is 1. The Bertz CT molecular complexity index is 430. The van der Waals surface area contributed by atoms with Crippen LogP contribution in [0, 0.1) is 0 Å². The number of esters is 1. The highest BCUT2D eigenvalue weighted by molar-refractivity contribution is 7.98. The van der Waals surface area contributed by atoms with E-state index in [0.717, 1.165) is 0 Å². The maximum absolute atomic E-state index is 11.4. The van der Waals surface area contributed by atoms with Crippen molar-refractivity contribution in [3.63, 3.8) is 0 Å². The summed E-state index contributed by atoms with van der Waals surface area (Å²) in [6, 6.07) is 0. The molecule has 0 amide bonds. The molecule has 0 radical (unpaired) electrons. The van der Waals surface area contributed by atoms with Gasteiger partial charge in [-0.15, -0.1) is 11.8 Å². The van der Waals surface area contributed by atoms with E-state index in [0.29, 0.717) is 0 Å². The van der Waals surface area contributed by atoms with E-state index >= 15 is 0 Å². The number of aromatic nitrogens is 2. The van der Waals surface area contributed by atoms with Gasteiger partial charge in [0.1, 0.15) is 5.03 Å². The molecule has 82 valence electrons. The summed E-state index contributed by atoms with van der Waals surface area (Å²) in [6.45, 7) is 1.87. The third-order valence-electron chi connectivity index (χ3n) is 1.58. The molecule has 1 aromatic rings. The zero-order chi connectivity index (χ0) is 11.4. The van der Waals surface area contributed by atoms with Gasteiger partial charge in [-0.1, -0.05) is 0 Å². The lowest BCUT2D eigenvalue weighted by Gasteiger charge is -2.05. The molecule has 1 rings (SSSR count). The normalized spacial score (nSPS) is 10.0. The van der Waals surface area contributed by atoms with Gasteiger partial charge in [0.2, 0.25) is 5.95 Å². The van der Waals surface area contributed by atoms with Crippen molar-refractivity contribution in [3.8, 4) is 0 Å². The first-order valence-electron chi connectivity index (χ1n) is 4.21. The smallest absolute Gasteiger partial charge is 0.346 e. The number of aromatic amines is 1. The molecule has 0 aliphatic carbocycles. The number of carbonyl (C=O) groups is 1. The van der Waals surface area contributed by atoms with Gasteiger partial charge in [-0.25, -0.2) is 9.78 Å². The second-order valence-corrected chi connectivity index (χ2v) is 3.35. The number of hydrogen-bond acceptors (Lipinski definition) is 6. The van der Waals surface area contributed by atoms with Crippen LogP contribution in [0.3, 0.4) is 0 Å². The van der Waals surface area contributed by atoms with Crippen molar-refractivity contribution < 1.29 is 9.53 Å². The highest BCUT2D eigenvalue weighted by Gasteiger charge is 2.18. The van der Waals surface area contributed by atoms with Gasteiger partial charge in [0, 0.05) is 0 Å². The van der Waals surface area contributed by atoms with Gasteiger partial charge in [-0.3, -0.25) is 9.78 Å². The van der Waals surface area contributed by atoms with Crippen LogP contribution in [-0.4, -0.2) is 28.8 Å². The van der Waals surface area contributed by atoms with Crippen LogP contribution in [0.2, 0.25) is 0 Å². The molecule has 0 spiro atoms. The molecular weight excluding hydrogens is 218 g/mol. The van der Waals surface area contributed by atoms with Crippen molar-refractivity contribution in [2.75, 3.05) is 18.6 Å². The maximum Gasteiger partial charge on any atom is 0.346 e. The van der Waals surface area contributed by atoms with Crippen LogP contribution in [0.4, 0.5) is 5.95 Å². The lowest BCUT2D eigenvalue weighted by atomic mass is 10.3. The molecule has 0 aliphatic heterocycles. The van der Waals surface area contributed by atoms with E-state index < -0.39 is 11.5 Å². The third kappa shape index (κ3) is 2.50. The number of nitrogen functional groups attached to an aromatic ring is 1. The number of nitrogens with two attached hydrogens (primary N) is 1. The van der Waals surface area contributed by atoms with Gasteiger partial charge in [-0.2, -0.15) is 0 Å². The average molecular weight is 229 g/mol. The van der Waals surface area contributed by atoms with E-state index in [1.54, 1.807) is 13.2 Å². The Morgan fingerprint density at radius 3 is 2.87 bits per heavy atom. The third-order valence-corrected chi connectivity index (χ3v) is 2.26. The minimum atomic E-state index is -0.685. The number of H-pyrrole nitrogens is 1. The number of ether oxygens (including phenoxy) is 1. The highest BCUT2D eigenvalue weighted by Crippen LogP contribution is 2.15. The molecule has 6 nitrogen and oxygen atoms in total. The van der Waals surface area contributed by atoms with Crippen molar-refractivity contribution in [1.29, 1.82) is 0 Å². The first-order chi connectivity index (χ1) is 7.10. The Morgan fingerprint density at radius 2 is 2.33 bits per heavy atom. The summed E-state index contributed by atoms with van der Waals surface area (Å²) >= 11 is 1.17. The second-order valence-electron chi connectivity index (χ2n) is 2.56. The average Bonchev–Trinajstić information content (AvgIpc) is 2.16. The first kappa shape index (κ1) is 11.6. The Balaban J connectivity index is 3.27. The summed E-state index contributed by atoms with van der Waals surface area (Å²) < 4.78 is 4.74. The minimum Gasteiger partial charge on any atom is -0.462 e. The van der Waals surface area contributed by atoms with E-state index in [1.165, 1.54) is 11.8 Å². The van der Waals surface area contributed by atoms with E-state index in [4.69, 9.17) is 10.5 Å². The molecule has 0 saturated carbocycles. The van der Waals surface area contributed by atoms with Crippen molar-refractivity contribution in [3.05, 3.63) is 15.9 Å². The second kappa shape index (κ2) is 4.83. The lowest BCUT2D eigenvalue weighted by molar-refractivity contribution is 0.0519. The molecule has 0 atom stereocenters. The van der Waals surface area contributed by atoms with Crippen LogP contribution >= 0.6 is 11.8 Å². The van der Waals surface area contributed by atoms with E-state index in [9.17, 15) is 9.59 Å². The van der Waals surface area contributed by atoms with E-state index in [-0.39, 0.29) is 23.1 Å². The minimum absolute atomic E-state index is 0.0163. The quantitative estimate of drug-likeness (QED) is 0.438. The van der Waals surface area contributed by atoms with Crippen LogP contribution < -0.4 is 11.3 Å². The maximum atomic E-state index is 11.4. The zero-order valence-corrected chi connectivity index (χ0v) is 9.18. The monoisotopic (exact) mass is 229 g/mol. The fourth-order valence-corrected chi connectivity index (χ4v) is 1.57. The lowest BCUT2D eigenvalue weighted by Crippen LogP contribution is -2.23. The Kier molecular flexibility index (Phi) is 3.73. The van der Waals surface area contributed by atoms with E-state index in [1.807, 2.05) is 0 Å². The van der Waals surface area contributed by atoms with Gasteiger partial charge < -0.3 is 10.5 Å². The SMILES string of the molecule is CCOC(=O)c1c(SC)nc(N)[nH]c1=O. The number of hydrogen-bond donors (Lipinski definition) is 2. The number of nitrogens with zero attached hydrogens (tertiary/aromatic N) is 1. The Labute approximate surface area is 90.2 Å². The molecule has 0 aromatic carbocycles. The first-order valence-corrected chi connectivity index (χ1v) is 5.43. The summed E-state index contributed by atoms with van der Waals surface area (Å²) in [5, 5.41) is 0.273. The summed E-state index contributed by atoms with van der Waals surface area (Å²) in [5.41, 5.74) is 4.67. The summed E-state index contributed by atoms with van der Waals surface area (Å²) in [6.07, 6.45) is 1.70. The number of anilines is 1. The van der Waals surface area contributed by atoms with Gasteiger partial charge in [-0.05, 0) is 13.2 Å². The molecule has 1 heterocycles. The zero-order valence-electron chi connectivity index (χ0n) is 8.36. The fraction of sp³-hybridized carbons (Fsp3) is 0.375. The van der Waals surface area contributed by atoms with Gasteiger partial charge >= 0.3 is 5.97 Å². The number of rotatable bonds is 3. The molecule has 0 bridgehead atoms. The molecule has 3 N–H and O–H groups in total. The largest absolute Gasteiger partial charge is 0.462 e. The highest BCUT2D eigenvalue weighted by atomic mass is 32.2. The Hall–Kier alpha value is -1.50. The predicted octanol–water partition coefficient (Wildman–Crippen LogP) is 0.251. The van der Waals surface area contributed by atoms with Gasteiger partial charge in [0.25, 0.3) is 5.56 Å². The molecule has 1 aromatic heterocycles. The summed E-state index contributed by atoms with van der Waals surface area (Å²) in [4.78, 5) is 29.0. The van der Waals surface area contributed by atoms with Crippen molar-refractivity contribution >= 4 is 23.7 Å². The molecule has 0 saturated heterocycles. The van der Waals surface area contributed by atoms with Crippen molar-refractivity contribution in [1.82, 2.24) is 9.97 Å². The van der Waals surface area contributed by atoms with Gasteiger partial charge in [0.05, 0.1) is 6.61 Å². The standard InChI is InChI=1S/C8H11N3O3S/c1-3-14-7(13)4-5(12)10-8(9)11-6(4)15-2/h3H2,1-2H3,(H3,9,10,11,12). The molecular formula is C8H11N3O3S. The summed E-state index contributed by atoms with van der Waals surface area (Å²) in [5.74, 6) is -0.701. The van der Waals surface area contributed by atoms with Crippen LogP contribution in [0.5, 0.6) is 0 Å². The fourth-order valence-electron chi connectivity index (χ4n) is 1.00. The molecule has 15 heavy (non-hydrogen) atoms. The molecule has 7 heteroatoms. The molecule has 0 aliphatic rings. The van der Waals surface area contributed by atoms with Crippen LogP contribution in [0.25, 0.3) is 0 Å². The predicted molar refractivity (Wildman–Crippen MR) is 57.0 cm³/mol. The molecule has 0 fully saturated rings. The van der Waals surface area contributed by atoms with Crippen LogP contribution in [0.1, 0.15) is 17.3 Å². The number of nitrogens with one attached hydrogen (secondary N) is 1. The van der Waals surface area contributed by atoms with Gasteiger partial charge in [0.15, 0.2) is 5.56 Å². The summed E-state index contributed by atoms with van der Waals surface area (Å²) in [7, 11) is 0. The topological polar surface area (TPSA) is 98.1 Å². The van der Waals surface area contributed by atoms with Crippen LogP contribution in [0.15, 0.2) is 9.82 Å². The number of thioether (sulfide) groups is 1. The van der Waals surface area contributed by atoms with Crippen molar-refractivity contribution in [2.45, 2.75) is 11.9 Å².